The van der Waals surface area contributed by atoms with E-state index < -0.39 is 23.7 Å². The van der Waals surface area contributed by atoms with Gasteiger partial charge in [0.25, 0.3) is 5.91 Å². The van der Waals surface area contributed by atoms with Crippen LogP contribution in [-0.2, 0) is 11.3 Å². The average molecular weight is 432 g/mol. The number of fused-ring (bicyclic) bond motifs is 1. The van der Waals surface area contributed by atoms with Crippen LogP contribution in [-0.4, -0.2) is 36.1 Å². The molecule has 154 valence electrons. The SMILES string of the molecule is COc1ccc(CN=C[C@@H]2C(=O)N(c3nc4ccccc4s3)N=C2C(F)(F)F)cc1. The van der Waals surface area contributed by atoms with Crippen molar-refractivity contribution in [3.8, 4) is 5.75 Å². The molecule has 0 fully saturated rings. The predicted octanol–water partition coefficient (Wildman–Crippen LogP) is 4.46. The number of halogens is 3. The van der Waals surface area contributed by atoms with Gasteiger partial charge in [-0.25, -0.2) is 4.98 Å². The molecule has 3 aromatic rings. The van der Waals surface area contributed by atoms with Gasteiger partial charge < -0.3 is 4.74 Å². The number of anilines is 1. The Morgan fingerprint density at radius 2 is 1.93 bits per heavy atom. The Hall–Kier alpha value is -3.27. The molecule has 4 rings (SSSR count). The highest BCUT2D eigenvalue weighted by atomic mass is 32.1. The average Bonchev–Trinajstić information content (AvgIpc) is 3.29. The van der Waals surface area contributed by atoms with Gasteiger partial charge in [0.15, 0.2) is 5.71 Å². The van der Waals surface area contributed by atoms with E-state index in [9.17, 15) is 18.0 Å². The summed E-state index contributed by atoms with van der Waals surface area (Å²) in [4.78, 5) is 21.0. The van der Waals surface area contributed by atoms with E-state index in [0.717, 1.165) is 32.8 Å². The molecule has 1 aliphatic heterocycles. The number of methoxy groups -OCH3 is 1. The van der Waals surface area contributed by atoms with Crippen LogP contribution in [0.5, 0.6) is 5.75 Å². The number of alkyl halides is 3. The molecule has 10 heteroatoms. The highest BCUT2D eigenvalue weighted by Gasteiger charge is 2.50. The number of benzene rings is 2. The third kappa shape index (κ3) is 3.90. The van der Waals surface area contributed by atoms with Crippen molar-refractivity contribution in [1.82, 2.24) is 4.98 Å². The normalized spacial score (nSPS) is 17.2. The first-order valence-corrected chi connectivity index (χ1v) is 9.66. The van der Waals surface area contributed by atoms with Gasteiger partial charge in [-0.15, -0.1) is 0 Å². The summed E-state index contributed by atoms with van der Waals surface area (Å²) in [5.41, 5.74) is 0.155. The molecule has 0 saturated carbocycles. The van der Waals surface area contributed by atoms with Gasteiger partial charge in [-0.2, -0.15) is 23.3 Å². The lowest BCUT2D eigenvalue weighted by atomic mass is 10.0. The molecule has 0 saturated heterocycles. The number of hydrogen-bond donors (Lipinski definition) is 0. The van der Waals surface area contributed by atoms with Crippen molar-refractivity contribution in [1.29, 1.82) is 0 Å². The van der Waals surface area contributed by atoms with E-state index >= 15 is 0 Å². The van der Waals surface area contributed by atoms with Gasteiger partial charge in [0.2, 0.25) is 5.13 Å². The lowest BCUT2D eigenvalue weighted by Crippen LogP contribution is -2.34. The minimum absolute atomic E-state index is 0.0917. The Labute approximate surface area is 173 Å². The van der Waals surface area contributed by atoms with E-state index in [2.05, 4.69) is 15.1 Å². The third-order valence-corrected chi connectivity index (χ3v) is 5.43. The molecule has 0 unspecified atom stereocenters. The lowest BCUT2D eigenvalue weighted by Gasteiger charge is -2.09. The number of nitrogens with zero attached hydrogens (tertiary/aromatic N) is 4. The van der Waals surface area contributed by atoms with Crippen molar-refractivity contribution in [3.63, 3.8) is 0 Å². The zero-order chi connectivity index (χ0) is 21.3. The van der Waals surface area contributed by atoms with Crippen molar-refractivity contribution in [2.45, 2.75) is 12.7 Å². The van der Waals surface area contributed by atoms with Gasteiger partial charge in [-0.3, -0.25) is 9.79 Å². The summed E-state index contributed by atoms with van der Waals surface area (Å²) in [5.74, 6) is -1.79. The van der Waals surface area contributed by atoms with Crippen LogP contribution in [0.4, 0.5) is 18.3 Å². The summed E-state index contributed by atoms with van der Waals surface area (Å²) in [6.45, 7) is 0.125. The molecular formula is C20H15F3N4O2S. The number of para-hydroxylation sites is 1. The number of ether oxygens (including phenoxy) is 1. The summed E-state index contributed by atoms with van der Waals surface area (Å²) < 4.78 is 46.3. The number of aliphatic imine (C=N–C) groups is 1. The maximum atomic E-state index is 13.5. The summed E-state index contributed by atoms with van der Waals surface area (Å²) in [6.07, 6.45) is -3.76. The number of rotatable bonds is 5. The summed E-state index contributed by atoms with van der Waals surface area (Å²) >= 11 is 1.10. The molecule has 1 amide bonds. The Morgan fingerprint density at radius 1 is 1.20 bits per heavy atom. The molecule has 1 aliphatic rings. The first-order chi connectivity index (χ1) is 14.4. The number of aromatic nitrogens is 1. The van der Waals surface area contributed by atoms with Crippen LogP contribution >= 0.6 is 11.3 Å². The summed E-state index contributed by atoms with van der Waals surface area (Å²) in [6, 6.07) is 14.0. The molecular weight excluding hydrogens is 417 g/mol. The first-order valence-electron chi connectivity index (χ1n) is 8.85. The Bertz CT molecular complexity index is 1110. The number of amides is 1. The van der Waals surface area contributed by atoms with Crippen LogP contribution < -0.4 is 9.75 Å². The van der Waals surface area contributed by atoms with Crippen LogP contribution in [0.2, 0.25) is 0 Å². The van der Waals surface area contributed by atoms with Gasteiger partial charge >= 0.3 is 6.18 Å². The summed E-state index contributed by atoms with van der Waals surface area (Å²) in [5, 5.41) is 4.36. The fourth-order valence-corrected chi connectivity index (χ4v) is 3.84. The van der Waals surface area contributed by atoms with Crippen molar-refractivity contribution >= 4 is 44.5 Å². The van der Waals surface area contributed by atoms with Crippen molar-refractivity contribution in [2.24, 2.45) is 16.0 Å². The Kier molecular flexibility index (Phi) is 5.25. The second-order valence-corrected chi connectivity index (χ2v) is 7.42. The number of thiazole rings is 1. The Morgan fingerprint density at radius 3 is 2.60 bits per heavy atom. The topological polar surface area (TPSA) is 67.2 Å². The quantitative estimate of drug-likeness (QED) is 0.559. The van der Waals surface area contributed by atoms with Crippen LogP contribution in [0.15, 0.2) is 58.6 Å². The lowest BCUT2D eigenvalue weighted by molar-refractivity contribution is -0.119. The van der Waals surface area contributed by atoms with Crippen LogP contribution in [0, 0.1) is 5.92 Å². The van der Waals surface area contributed by atoms with E-state index in [1.165, 1.54) is 7.11 Å². The molecule has 0 aliphatic carbocycles. The smallest absolute Gasteiger partial charge is 0.432 e. The number of hydrazone groups is 1. The number of hydrogen-bond acceptors (Lipinski definition) is 6. The highest BCUT2D eigenvalue weighted by molar-refractivity contribution is 7.22. The van der Waals surface area contributed by atoms with Gasteiger partial charge in [-0.1, -0.05) is 35.6 Å². The fourth-order valence-electron chi connectivity index (χ4n) is 2.92. The molecule has 0 spiro atoms. The minimum atomic E-state index is -4.77. The molecule has 0 radical (unpaired) electrons. The first kappa shape index (κ1) is 20.0. The van der Waals surface area contributed by atoms with E-state index in [4.69, 9.17) is 4.74 Å². The third-order valence-electron chi connectivity index (χ3n) is 4.42. The standard InChI is InChI=1S/C20H15F3N4O2S/c1-29-13-8-6-12(7-9-13)10-24-11-14-17(20(21,22)23)26-27(18(14)28)19-25-15-4-2-3-5-16(15)30-19/h2-9,11,14H,10H2,1H3/t14-/m0/s1. The monoisotopic (exact) mass is 432 g/mol. The van der Waals surface area contributed by atoms with E-state index in [1.807, 2.05) is 0 Å². The van der Waals surface area contributed by atoms with E-state index in [1.54, 1.807) is 48.5 Å². The Balaban J connectivity index is 1.58. The zero-order valence-electron chi connectivity index (χ0n) is 15.6. The molecule has 30 heavy (non-hydrogen) atoms. The number of carbonyl (C=O) groups excluding carboxylic acids is 1. The molecule has 2 aromatic carbocycles. The molecule has 1 atom stereocenters. The van der Waals surface area contributed by atoms with Crippen molar-refractivity contribution < 1.29 is 22.7 Å². The van der Waals surface area contributed by atoms with Gasteiger partial charge in [0.05, 0.1) is 23.9 Å². The van der Waals surface area contributed by atoms with Crippen LogP contribution in [0.1, 0.15) is 5.56 Å². The van der Waals surface area contributed by atoms with Crippen molar-refractivity contribution in [2.75, 3.05) is 12.1 Å². The van der Waals surface area contributed by atoms with Crippen LogP contribution in [0.25, 0.3) is 10.2 Å². The molecule has 0 bridgehead atoms. The van der Waals surface area contributed by atoms with Crippen LogP contribution in [0.3, 0.4) is 0 Å². The predicted molar refractivity (Wildman–Crippen MR) is 109 cm³/mol. The maximum Gasteiger partial charge on any atom is 0.432 e. The fraction of sp³-hybridized carbons (Fsp3) is 0.200. The highest BCUT2D eigenvalue weighted by Crippen LogP contribution is 2.35. The second kappa shape index (κ2) is 7.86. The van der Waals surface area contributed by atoms with E-state index in [-0.39, 0.29) is 11.7 Å². The summed E-state index contributed by atoms with van der Waals surface area (Å²) in [7, 11) is 1.54. The number of carbonyl (C=O) groups is 1. The van der Waals surface area contributed by atoms with Gasteiger partial charge in [0.1, 0.15) is 11.7 Å². The molecule has 1 aromatic heterocycles. The zero-order valence-corrected chi connectivity index (χ0v) is 16.4. The largest absolute Gasteiger partial charge is 0.497 e. The van der Waals surface area contributed by atoms with Crippen molar-refractivity contribution in [3.05, 3.63) is 54.1 Å². The molecule has 6 nitrogen and oxygen atoms in total. The van der Waals surface area contributed by atoms with Gasteiger partial charge in [0, 0.05) is 6.21 Å². The molecule has 0 N–H and O–H groups in total. The van der Waals surface area contributed by atoms with E-state index in [0.29, 0.717) is 11.3 Å². The van der Waals surface area contributed by atoms with Gasteiger partial charge in [-0.05, 0) is 29.8 Å². The molecule has 2 heterocycles. The maximum absolute atomic E-state index is 13.5. The second-order valence-electron chi connectivity index (χ2n) is 6.41. The minimum Gasteiger partial charge on any atom is -0.497 e.